The highest BCUT2D eigenvalue weighted by Gasteiger charge is 2.24. The maximum absolute atomic E-state index is 12.7. The van der Waals surface area contributed by atoms with E-state index in [0.29, 0.717) is 18.8 Å². The lowest BCUT2D eigenvalue weighted by molar-refractivity contribution is 0.0742. The molecule has 0 atom stereocenters. The minimum Gasteiger partial charge on any atom is -0.351 e. The monoisotopic (exact) mass is 341 g/mol. The average molecular weight is 341 g/mol. The van der Waals surface area contributed by atoms with Gasteiger partial charge < -0.3 is 14.8 Å². The summed E-state index contributed by atoms with van der Waals surface area (Å²) in [5.41, 5.74) is 1.66. The van der Waals surface area contributed by atoms with Crippen LogP contribution in [0.25, 0.3) is 10.9 Å². The fourth-order valence-electron chi connectivity index (χ4n) is 2.98. The molecule has 0 aliphatic carbocycles. The van der Waals surface area contributed by atoms with Gasteiger partial charge >= 0.3 is 0 Å². The molecule has 1 fully saturated rings. The largest absolute Gasteiger partial charge is 0.351 e. The van der Waals surface area contributed by atoms with Crippen molar-refractivity contribution in [2.75, 3.05) is 31.1 Å². The third-order valence-corrected chi connectivity index (χ3v) is 5.19. The SMILES string of the molecule is CCc1nsc(N2CCN(C(=O)c3cc4ccccc4[nH]3)CC2)n1. The molecule has 4 rings (SSSR count). The molecule has 1 aromatic carbocycles. The van der Waals surface area contributed by atoms with Gasteiger partial charge in [0.1, 0.15) is 11.5 Å². The molecule has 1 N–H and O–H groups in total. The quantitative estimate of drug-likeness (QED) is 0.795. The van der Waals surface area contributed by atoms with Gasteiger partial charge in [-0.05, 0) is 12.1 Å². The van der Waals surface area contributed by atoms with Gasteiger partial charge in [0.25, 0.3) is 5.91 Å². The van der Waals surface area contributed by atoms with Crippen molar-refractivity contribution >= 4 is 33.5 Å². The van der Waals surface area contributed by atoms with Gasteiger partial charge in [-0.15, -0.1) is 0 Å². The van der Waals surface area contributed by atoms with E-state index in [1.807, 2.05) is 35.2 Å². The lowest BCUT2D eigenvalue weighted by Gasteiger charge is -2.34. The van der Waals surface area contributed by atoms with Crippen molar-refractivity contribution in [1.82, 2.24) is 19.2 Å². The Balaban J connectivity index is 1.44. The summed E-state index contributed by atoms with van der Waals surface area (Å²) in [6.07, 6.45) is 0.856. The second-order valence-corrected chi connectivity index (χ2v) is 6.63. The van der Waals surface area contributed by atoms with Crippen LogP contribution < -0.4 is 4.90 Å². The van der Waals surface area contributed by atoms with E-state index in [9.17, 15) is 4.79 Å². The molecule has 1 saturated heterocycles. The van der Waals surface area contributed by atoms with Gasteiger partial charge in [-0.25, -0.2) is 4.98 Å². The highest BCUT2D eigenvalue weighted by atomic mass is 32.1. The Morgan fingerprint density at radius 3 is 2.75 bits per heavy atom. The van der Waals surface area contributed by atoms with Gasteiger partial charge in [-0.3, -0.25) is 4.79 Å². The van der Waals surface area contributed by atoms with E-state index in [1.165, 1.54) is 11.5 Å². The van der Waals surface area contributed by atoms with Gasteiger partial charge in [0, 0.05) is 55.0 Å². The molecule has 1 aliphatic rings. The van der Waals surface area contributed by atoms with Crippen LogP contribution in [0.5, 0.6) is 0 Å². The van der Waals surface area contributed by atoms with E-state index in [2.05, 4.69) is 26.2 Å². The molecule has 1 amide bonds. The van der Waals surface area contributed by atoms with Crippen molar-refractivity contribution in [2.24, 2.45) is 0 Å². The Hall–Kier alpha value is -2.41. The van der Waals surface area contributed by atoms with Crippen LogP contribution in [0, 0.1) is 0 Å². The number of nitrogens with one attached hydrogen (secondary N) is 1. The van der Waals surface area contributed by atoms with Crippen LogP contribution in [0.1, 0.15) is 23.2 Å². The first-order valence-corrected chi connectivity index (χ1v) is 8.96. The van der Waals surface area contributed by atoms with Gasteiger partial charge in [0.2, 0.25) is 5.13 Å². The lowest BCUT2D eigenvalue weighted by atomic mass is 10.2. The molecule has 24 heavy (non-hydrogen) atoms. The molecule has 3 heterocycles. The van der Waals surface area contributed by atoms with E-state index < -0.39 is 0 Å². The van der Waals surface area contributed by atoms with Crippen LogP contribution in [0.4, 0.5) is 5.13 Å². The van der Waals surface area contributed by atoms with Gasteiger partial charge in [0.15, 0.2) is 0 Å². The fourth-order valence-corrected chi connectivity index (χ4v) is 3.78. The molecule has 7 heteroatoms. The molecule has 6 nitrogen and oxygen atoms in total. The number of rotatable bonds is 3. The second kappa shape index (κ2) is 6.24. The Bertz CT molecular complexity index is 830. The summed E-state index contributed by atoms with van der Waals surface area (Å²) in [5.74, 6) is 0.962. The number of carbonyl (C=O) groups is 1. The number of aromatic amines is 1. The van der Waals surface area contributed by atoms with Crippen LogP contribution in [-0.2, 0) is 6.42 Å². The molecule has 1 aliphatic heterocycles. The van der Waals surface area contributed by atoms with E-state index in [1.54, 1.807) is 0 Å². The maximum Gasteiger partial charge on any atom is 0.270 e. The number of nitrogens with zero attached hydrogens (tertiary/aromatic N) is 4. The summed E-state index contributed by atoms with van der Waals surface area (Å²) in [7, 11) is 0. The molecule has 0 spiro atoms. The minimum absolute atomic E-state index is 0.0670. The Morgan fingerprint density at radius 2 is 2.04 bits per heavy atom. The van der Waals surface area contributed by atoms with Crippen molar-refractivity contribution in [1.29, 1.82) is 0 Å². The normalized spacial score (nSPS) is 15.2. The standard InChI is InChI=1S/C17H19N5OS/c1-2-15-19-17(24-20-15)22-9-7-21(8-10-22)16(23)14-11-12-5-3-4-6-13(12)18-14/h3-6,11,18H,2,7-10H2,1H3. The number of para-hydroxylation sites is 1. The summed E-state index contributed by atoms with van der Waals surface area (Å²) in [6.45, 7) is 5.06. The van der Waals surface area contributed by atoms with Crippen LogP contribution in [0.3, 0.4) is 0 Å². The number of hydrogen-bond acceptors (Lipinski definition) is 5. The number of anilines is 1. The smallest absolute Gasteiger partial charge is 0.270 e. The Morgan fingerprint density at radius 1 is 1.25 bits per heavy atom. The third kappa shape index (κ3) is 2.75. The first-order chi connectivity index (χ1) is 11.7. The lowest BCUT2D eigenvalue weighted by Crippen LogP contribution is -2.48. The van der Waals surface area contributed by atoms with Crippen LogP contribution in [0.2, 0.25) is 0 Å². The number of H-pyrrole nitrogens is 1. The van der Waals surface area contributed by atoms with Gasteiger partial charge in [0.05, 0.1) is 0 Å². The summed E-state index contributed by atoms with van der Waals surface area (Å²) < 4.78 is 4.34. The second-order valence-electron chi connectivity index (χ2n) is 5.90. The third-order valence-electron chi connectivity index (χ3n) is 4.37. The topological polar surface area (TPSA) is 65.1 Å². The summed E-state index contributed by atoms with van der Waals surface area (Å²) in [6, 6.07) is 9.89. The highest BCUT2D eigenvalue weighted by molar-refractivity contribution is 7.09. The predicted octanol–water partition coefficient (Wildman–Crippen LogP) is 2.54. The highest BCUT2D eigenvalue weighted by Crippen LogP contribution is 2.21. The molecule has 2 aromatic heterocycles. The zero-order valence-corrected chi connectivity index (χ0v) is 14.3. The first-order valence-electron chi connectivity index (χ1n) is 8.19. The summed E-state index contributed by atoms with van der Waals surface area (Å²) >= 11 is 1.44. The summed E-state index contributed by atoms with van der Waals surface area (Å²) in [5, 5.41) is 2.03. The predicted molar refractivity (Wildman–Crippen MR) is 95.7 cm³/mol. The van der Waals surface area contributed by atoms with E-state index in [-0.39, 0.29) is 5.91 Å². The molecule has 0 unspecified atom stereocenters. The molecule has 0 radical (unpaired) electrons. The van der Waals surface area contributed by atoms with Crippen LogP contribution in [-0.4, -0.2) is 51.3 Å². The van der Waals surface area contributed by atoms with Crippen molar-refractivity contribution in [3.8, 4) is 0 Å². The molecule has 3 aromatic rings. The van der Waals surface area contributed by atoms with E-state index in [4.69, 9.17) is 0 Å². The molecular formula is C17H19N5OS. The first kappa shape index (κ1) is 15.1. The van der Waals surface area contributed by atoms with Crippen LogP contribution in [0.15, 0.2) is 30.3 Å². The number of carbonyl (C=O) groups excluding carboxylic acids is 1. The zero-order valence-electron chi connectivity index (χ0n) is 13.5. The molecular weight excluding hydrogens is 322 g/mol. The van der Waals surface area contributed by atoms with E-state index in [0.717, 1.165) is 41.4 Å². The van der Waals surface area contributed by atoms with Crippen molar-refractivity contribution in [2.45, 2.75) is 13.3 Å². The Kier molecular flexibility index (Phi) is 3.93. The number of benzene rings is 1. The van der Waals surface area contributed by atoms with Crippen LogP contribution >= 0.6 is 11.5 Å². The zero-order chi connectivity index (χ0) is 16.5. The summed E-state index contributed by atoms with van der Waals surface area (Å²) in [4.78, 5) is 24.6. The van der Waals surface area contributed by atoms with E-state index >= 15 is 0 Å². The molecule has 0 bridgehead atoms. The number of fused-ring (bicyclic) bond motifs is 1. The number of hydrogen-bond donors (Lipinski definition) is 1. The number of piperazine rings is 1. The number of aromatic nitrogens is 3. The Labute approximate surface area is 144 Å². The van der Waals surface area contributed by atoms with Gasteiger partial charge in [-0.2, -0.15) is 4.37 Å². The molecule has 0 saturated carbocycles. The fraction of sp³-hybridized carbons (Fsp3) is 0.353. The van der Waals surface area contributed by atoms with Crippen molar-refractivity contribution in [3.05, 3.63) is 41.9 Å². The van der Waals surface area contributed by atoms with Crippen molar-refractivity contribution in [3.63, 3.8) is 0 Å². The number of aryl methyl sites for hydroxylation is 1. The van der Waals surface area contributed by atoms with Gasteiger partial charge in [-0.1, -0.05) is 25.1 Å². The number of amides is 1. The average Bonchev–Trinajstić information content (AvgIpc) is 3.28. The maximum atomic E-state index is 12.7. The molecule has 124 valence electrons. The van der Waals surface area contributed by atoms with Crippen molar-refractivity contribution < 1.29 is 4.79 Å². The minimum atomic E-state index is 0.0670.